The van der Waals surface area contributed by atoms with E-state index in [1.54, 1.807) is 18.6 Å². The molecular weight excluding hydrogens is 604 g/mol. The highest BCUT2D eigenvalue weighted by molar-refractivity contribution is 6.06. The van der Waals surface area contributed by atoms with E-state index in [4.69, 9.17) is 9.47 Å². The number of aliphatic hydroxyl groups excluding tert-OH is 1. The van der Waals surface area contributed by atoms with Gasteiger partial charge in [0.05, 0.1) is 25.5 Å². The molecule has 1 aromatic heterocycles. The number of ketones is 1. The lowest BCUT2D eigenvalue weighted by molar-refractivity contribution is -0.182. The Bertz CT molecular complexity index is 1650. The highest BCUT2D eigenvalue weighted by Gasteiger charge is 2.67. The average molecular weight is 659 g/mol. The van der Waals surface area contributed by atoms with E-state index in [2.05, 4.69) is 51.8 Å². The number of aromatic nitrogens is 2. The van der Waals surface area contributed by atoms with Crippen molar-refractivity contribution in [3.05, 3.63) is 64.5 Å². The molecule has 1 heterocycles. The molecule has 5 aliphatic rings. The molecule has 0 bridgehead atoms. The summed E-state index contributed by atoms with van der Waals surface area (Å²) in [7, 11) is 1.35. The molecule has 8 nitrogen and oxygen atoms in total. The average Bonchev–Trinajstić information content (AvgIpc) is 3.54. The number of unbranched alkanes of at least 4 members (excludes halogenated alkanes) is 3. The molecule has 0 unspecified atom stereocenters. The van der Waals surface area contributed by atoms with Crippen molar-refractivity contribution in [1.82, 2.24) is 9.55 Å². The number of ether oxygens (including phenoxy) is 2. The Balaban J connectivity index is 1.10. The van der Waals surface area contributed by atoms with Crippen LogP contribution in [0.5, 0.6) is 0 Å². The van der Waals surface area contributed by atoms with Crippen LogP contribution in [0.4, 0.5) is 0 Å². The third-order valence-electron chi connectivity index (χ3n) is 13.9. The van der Waals surface area contributed by atoms with Crippen molar-refractivity contribution < 1.29 is 29.0 Å². The molecule has 3 fully saturated rings. The van der Waals surface area contributed by atoms with Crippen LogP contribution in [0, 0.1) is 33.0 Å². The van der Waals surface area contributed by atoms with E-state index >= 15 is 0 Å². The van der Waals surface area contributed by atoms with Gasteiger partial charge < -0.3 is 19.1 Å². The number of hydrogen-bond acceptors (Lipinski definition) is 7. The standard InChI is InChI=1S/C40H54N2O6/c1-26-27-12-13-31-38(4,28(27)22-30(43)33(26)44)17-19-40(6)32-23-37(3,15-14-36(32,2)16-18-39(31,40)5)35(46)48-21-11-9-8-10-20-42-24-29(41-25-42)34(45)47-7/h12-13,22,24-25,32,44H,8-11,14-21,23H2,1-7H3/t32-,36-,37-,38+,39-,40+/m1/s1. The number of carbonyl (C=O) groups excluding carboxylic acids is 3. The van der Waals surface area contributed by atoms with E-state index in [-0.39, 0.29) is 39.2 Å². The van der Waals surface area contributed by atoms with Crippen molar-refractivity contribution in [2.24, 2.45) is 33.0 Å². The first kappa shape index (κ1) is 34.4. The third-order valence-corrected chi connectivity index (χ3v) is 13.9. The predicted octanol–water partition coefficient (Wildman–Crippen LogP) is 8.40. The summed E-state index contributed by atoms with van der Waals surface area (Å²) >= 11 is 0. The molecule has 0 aromatic carbocycles. The lowest BCUT2D eigenvalue weighted by Crippen LogP contribution is -2.62. The number of esters is 2. The van der Waals surface area contributed by atoms with Gasteiger partial charge >= 0.3 is 11.9 Å². The van der Waals surface area contributed by atoms with Gasteiger partial charge in [0.1, 0.15) is 0 Å². The number of imidazole rings is 1. The summed E-state index contributed by atoms with van der Waals surface area (Å²) in [5.74, 6) is -0.525. The van der Waals surface area contributed by atoms with Crippen LogP contribution in [0.15, 0.2) is 58.8 Å². The molecule has 260 valence electrons. The Morgan fingerprint density at radius 2 is 1.71 bits per heavy atom. The van der Waals surface area contributed by atoms with E-state index in [0.717, 1.165) is 88.3 Å². The minimum absolute atomic E-state index is 0.00222. The third kappa shape index (κ3) is 5.32. The summed E-state index contributed by atoms with van der Waals surface area (Å²) in [5.41, 5.74) is 3.80. The summed E-state index contributed by atoms with van der Waals surface area (Å²) in [6, 6.07) is 0. The van der Waals surface area contributed by atoms with Crippen LogP contribution in [0.1, 0.15) is 123 Å². The summed E-state index contributed by atoms with van der Waals surface area (Å²) < 4.78 is 12.6. The fourth-order valence-corrected chi connectivity index (χ4v) is 10.4. The molecule has 0 radical (unpaired) electrons. The van der Waals surface area contributed by atoms with Crippen LogP contribution >= 0.6 is 0 Å². The maximum absolute atomic E-state index is 13.8. The van der Waals surface area contributed by atoms with Gasteiger partial charge in [-0.1, -0.05) is 51.8 Å². The summed E-state index contributed by atoms with van der Waals surface area (Å²) in [6.45, 7) is 14.9. The van der Waals surface area contributed by atoms with Gasteiger partial charge in [0.25, 0.3) is 0 Å². The number of hydrogen-bond donors (Lipinski definition) is 1. The van der Waals surface area contributed by atoms with Crippen LogP contribution in [0.2, 0.25) is 0 Å². The molecule has 3 saturated carbocycles. The highest BCUT2D eigenvalue weighted by atomic mass is 16.5. The molecule has 48 heavy (non-hydrogen) atoms. The van der Waals surface area contributed by atoms with E-state index in [0.29, 0.717) is 23.8 Å². The van der Waals surface area contributed by atoms with E-state index in [1.807, 2.05) is 11.5 Å². The lowest BCUT2D eigenvalue weighted by atomic mass is 9.34. The van der Waals surface area contributed by atoms with E-state index in [9.17, 15) is 19.5 Å². The van der Waals surface area contributed by atoms with Crippen LogP contribution in [0.3, 0.4) is 0 Å². The number of rotatable bonds is 9. The lowest BCUT2D eigenvalue weighted by Gasteiger charge is -2.70. The Labute approximate surface area is 285 Å². The topological polar surface area (TPSA) is 108 Å². The molecule has 0 amide bonds. The Kier molecular flexibility index (Phi) is 8.73. The zero-order valence-electron chi connectivity index (χ0n) is 30.0. The molecule has 1 N–H and O–H groups in total. The Hall–Kier alpha value is -3.42. The first-order chi connectivity index (χ1) is 22.6. The second-order valence-corrected chi connectivity index (χ2v) is 16.6. The van der Waals surface area contributed by atoms with E-state index < -0.39 is 11.4 Å². The number of aryl methyl sites for hydroxylation is 1. The van der Waals surface area contributed by atoms with Gasteiger partial charge in [-0.15, -0.1) is 0 Å². The number of allylic oxidation sites excluding steroid dienone is 7. The number of fused-ring (bicyclic) bond motifs is 7. The van der Waals surface area contributed by atoms with Crippen molar-refractivity contribution in [3.8, 4) is 0 Å². The predicted molar refractivity (Wildman–Crippen MR) is 184 cm³/mol. The number of nitrogens with zero attached hydrogens (tertiary/aromatic N) is 2. The second-order valence-electron chi connectivity index (χ2n) is 16.6. The largest absolute Gasteiger partial charge is 0.504 e. The highest BCUT2D eigenvalue weighted by Crippen LogP contribution is 2.75. The number of aliphatic hydroxyl groups is 1. The van der Waals surface area contributed by atoms with Gasteiger partial charge in [0, 0.05) is 23.7 Å². The minimum Gasteiger partial charge on any atom is -0.504 e. The van der Waals surface area contributed by atoms with Gasteiger partial charge in [0.15, 0.2) is 11.5 Å². The van der Waals surface area contributed by atoms with Gasteiger partial charge in [-0.3, -0.25) is 9.59 Å². The van der Waals surface area contributed by atoms with Gasteiger partial charge in [-0.25, -0.2) is 9.78 Å². The van der Waals surface area contributed by atoms with Gasteiger partial charge in [-0.2, -0.15) is 0 Å². The van der Waals surface area contributed by atoms with Gasteiger partial charge in [-0.05, 0) is 117 Å². The Morgan fingerprint density at radius 1 is 0.979 bits per heavy atom. The van der Waals surface area contributed by atoms with Crippen molar-refractivity contribution in [3.63, 3.8) is 0 Å². The monoisotopic (exact) mass is 658 g/mol. The van der Waals surface area contributed by atoms with Crippen molar-refractivity contribution in [1.29, 1.82) is 0 Å². The first-order valence-corrected chi connectivity index (χ1v) is 18.0. The molecule has 6 rings (SSSR count). The molecular formula is C40H54N2O6. The molecule has 6 atom stereocenters. The van der Waals surface area contributed by atoms with Crippen molar-refractivity contribution >= 4 is 17.7 Å². The molecule has 1 aromatic rings. The molecule has 8 heteroatoms. The minimum atomic E-state index is -0.503. The van der Waals surface area contributed by atoms with Crippen LogP contribution in [-0.4, -0.2) is 46.1 Å². The quantitative estimate of drug-likeness (QED) is 0.210. The summed E-state index contributed by atoms with van der Waals surface area (Å²) in [6.07, 6.45) is 20.2. The van der Waals surface area contributed by atoms with Crippen molar-refractivity contribution in [2.75, 3.05) is 13.7 Å². The van der Waals surface area contributed by atoms with E-state index in [1.165, 1.54) is 12.7 Å². The fraction of sp³-hybridized carbons (Fsp3) is 0.650. The molecule has 5 aliphatic carbocycles. The molecule has 0 spiro atoms. The number of methoxy groups -OCH3 is 1. The summed E-state index contributed by atoms with van der Waals surface area (Å²) in [4.78, 5) is 42.3. The smallest absolute Gasteiger partial charge is 0.358 e. The van der Waals surface area contributed by atoms with Crippen LogP contribution < -0.4 is 0 Å². The SMILES string of the molecule is COC(=O)c1cn(CCCCCCOC(=O)[C@]2(C)CC[C@]3(C)CC[C@]4(C)C5=CC=C6C(=CC(=O)C(O)=C6C)[C@]5(C)CC[C@@]4(C)[C@@H]3C2)cn1. The maximum atomic E-state index is 13.8. The fourth-order valence-electron chi connectivity index (χ4n) is 10.4. The summed E-state index contributed by atoms with van der Waals surface area (Å²) in [5, 5.41) is 10.4. The number of carbonyl (C=O) groups is 3. The van der Waals surface area contributed by atoms with Crippen molar-refractivity contribution in [2.45, 2.75) is 119 Å². The maximum Gasteiger partial charge on any atom is 0.358 e. The zero-order valence-corrected chi connectivity index (χ0v) is 30.0. The van der Waals surface area contributed by atoms with Crippen LogP contribution in [-0.2, 0) is 25.6 Å². The zero-order chi connectivity index (χ0) is 34.7. The molecule has 0 aliphatic heterocycles. The molecule has 0 saturated heterocycles. The second kappa shape index (κ2) is 12.2. The Morgan fingerprint density at radius 3 is 2.46 bits per heavy atom. The normalized spacial score (nSPS) is 35.7. The van der Waals surface area contributed by atoms with Crippen LogP contribution in [0.25, 0.3) is 0 Å². The van der Waals surface area contributed by atoms with Gasteiger partial charge in [0.2, 0.25) is 5.78 Å². The first-order valence-electron chi connectivity index (χ1n) is 18.0.